The van der Waals surface area contributed by atoms with E-state index in [1.54, 1.807) is 28.9 Å². The molecule has 7 heteroatoms. The molecule has 0 spiro atoms. The number of fused-ring (bicyclic) bond motifs is 1. The third kappa shape index (κ3) is 4.05. The smallest absolute Gasteiger partial charge is 0.264 e. The van der Waals surface area contributed by atoms with Crippen molar-refractivity contribution in [3.8, 4) is 28.4 Å². The van der Waals surface area contributed by atoms with Gasteiger partial charge in [-0.3, -0.25) is 4.79 Å². The molecule has 0 radical (unpaired) electrons. The van der Waals surface area contributed by atoms with Crippen molar-refractivity contribution in [1.82, 2.24) is 15.1 Å². The molecule has 32 heavy (non-hydrogen) atoms. The van der Waals surface area contributed by atoms with Gasteiger partial charge in [-0.2, -0.15) is 5.10 Å². The van der Waals surface area contributed by atoms with E-state index in [1.807, 2.05) is 48.7 Å². The van der Waals surface area contributed by atoms with Gasteiger partial charge in [0.25, 0.3) is 5.91 Å². The number of hydrogen-bond donors (Lipinski definition) is 1. The van der Waals surface area contributed by atoms with Gasteiger partial charge in [-0.05, 0) is 48.5 Å². The summed E-state index contributed by atoms with van der Waals surface area (Å²) in [6.45, 7) is 0.372. The van der Waals surface area contributed by atoms with Crippen LogP contribution in [0.1, 0.15) is 5.56 Å². The van der Waals surface area contributed by atoms with E-state index in [0.717, 1.165) is 16.8 Å². The Hall–Kier alpha value is -4.13. The Labute approximate surface area is 184 Å². The molecule has 1 amide bonds. The molecule has 1 aliphatic heterocycles. The van der Waals surface area contributed by atoms with Gasteiger partial charge < -0.3 is 14.8 Å². The number of carbonyl (C=O) groups is 1. The molecule has 0 aliphatic carbocycles. The summed E-state index contributed by atoms with van der Waals surface area (Å²) in [6.07, 6.45) is 1.12. The van der Waals surface area contributed by atoms with E-state index in [1.165, 1.54) is 12.1 Å². The molecule has 1 atom stereocenters. The monoisotopic (exact) mass is 429 g/mol. The molecule has 160 valence electrons. The lowest BCUT2D eigenvalue weighted by Gasteiger charge is -2.25. The van der Waals surface area contributed by atoms with Crippen molar-refractivity contribution in [2.45, 2.75) is 12.6 Å². The van der Waals surface area contributed by atoms with Crippen molar-refractivity contribution < 1.29 is 18.7 Å². The summed E-state index contributed by atoms with van der Waals surface area (Å²) < 4.78 is 26.6. The van der Waals surface area contributed by atoms with E-state index >= 15 is 0 Å². The fraction of sp³-hybridized carbons (Fsp3) is 0.120. The number of para-hydroxylation sites is 3. The number of halogens is 1. The lowest BCUT2D eigenvalue weighted by molar-refractivity contribution is -0.130. The number of nitrogens with one attached hydrogen (secondary N) is 1. The van der Waals surface area contributed by atoms with Gasteiger partial charge in [-0.15, -0.1) is 0 Å². The maximum Gasteiger partial charge on any atom is 0.264 e. The van der Waals surface area contributed by atoms with Crippen LogP contribution in [-0.4, -0.2) is 28.4 Å². The van der Waals surface area contributed by atoms with Gasteiger partial charge in [-0.1, -0.05) is 30.3 Å². The van der Waals surface area contributed by atoms with E-state index in [-0.39, 0.29) is 24.9 Å². The number of aromatic nitrogens is 2. The summed E-state index contributed by atoms with van der Waals surface area (Å²) in [6, 6.07) is 23.0. The van der Waals surface area contributed by atoms with Crippen LogP contribution in [0.25, 0.3) is 16.9 Å². The SMILES string of the molecule is O=C(NCc1cn(-c2ccccc2)nc1-c1ccc(F)cc1)C1COc2ccccc2O1. The Kier molecular flexibility index (Phi) is 5.29. The number of ether oxygens (including phenoxy) is 2. The van der Waals surface area contributed by atoms with Gasteiger partial charge in [0.05, 0.1) is 11.4 Å². The number of amides is 1. The first kappa shape index (κ1) is 19.8. The lowest BCUT2D eigenvalue weighted by atomic mass is 10.1. The molecule has 1 N–H and O–H groups in total. The van der Waals surface area contributed by atoms with Crippen LogP contribution in [0.5, 0.6) is 11.5 Å². The number of rotatable bonds is 5. The minimum Gasteiger partial charge on any atom is -0.485 e. The van der Waals surface area contributed by atoms with Crippen molar-refractivity contribution in [2.75, 3.05) is 6.61 Å². The summed E-state index contributed by atoms with van der Waals surface area (Å²) in [5.41, 5.74) is 3.11. The molecular formula is C25H20FN3O3. The summed E-state index contributed by atoms with van der Waals surface area (Å²) in [7, 11) is 0. The minimum absolute atomic E-state index is 0.136. The third-order valence-electron chi connectivity index (χ3n) is 5.18. The molecule has 6 nitrogen and oxygen atoms in total. The van der Waals surface area contributed by atoms with Crippen molar-refractivity contribution in [1.29, 1.82) is 0 Å². The predicted molar refractivity (Wildman–Crippen MR) is 117 cm³/mol. The minimum atomic E-state index is -0.747. The maximum atomic E-state index is 13.4. The molecule has 0 saturated carbocycles. The van der Waals surface area contributed by atoms with Crippen LogP contribution in [0.4, 0.5) is 4.39 Å². The molecule has 1 aromatic heterocycles. The molecule has 0 fully saturated rings. The normalized spacial score (nSPS) is 14.7. The third-order valence-corrected chi connectivity index (χ3v) is 5.18. The fourth-order valence-electron chi connectivity index (χ4n) is 3.55. The van der Waals surface area contributed by atoms with Crippen LogP contribution in [0.3, 0.4) is 0 Å². The summed E-state index contributed by atoms with van der Waals surface area (Å²) in [4.78, 5) is 12.8. The number of hydrogen-bond acceptors (Lipinski definition) is 4. The molecule has 3 aromatic carbocycles. The van der Waals surface area contributed by atoms with E-state index in [9.17, 15) is 9.18 Å². The van der Waals surface area contributed by atoms with Crippen LogP contribution in [0.15, 0.2) is 85.1 Å². The molecular weight excluding hydrogens is 409 g/mol. The predicted octanol–water partition coefficient (Wildman–Crippen LogP) is 4.13. The largest absolute Gasteiger partial charge is 0.485 e. The highest BCUT2D eigenvalue weighted by Crippen LogP contribution is 2.31. The average Bonchev–Trinajstić information content (AvgIpc) is 3.27. The van der Waals surface area contributed by atoms with Crippen molar-refractivity contribution in [3.63, 3.8) is 0 Å². The van der Waals surface area contributed by atoms with Crippen molar-refractivity contribution >= 4 is 5.91 Å². The van der Waals surface area contributed by atoms with Gasteiger partial charge in [0, 0.05) is 23.9 Å². The first-order chi connectivity index (χ1) is 15.7. The lowest BCUT2D eigenvalue weighted by Crippen LogP contribution is -2.43. The van der Waals surface area contributed by atoms with Gasteiger partial charge in [0.2, 0.25) is 6.10 Å². The number of nitrogens with zero attached hydrogens (tertiary/aromatic N) is 2. The zero-order valence-electron chi connectivity index (χ0n) is 17.1. The van der Waals surface area contributed by atoms with E-state index < -0.39 is 6.10 Å². The Balaban J connectivity index is 1.37. The first-order valence-corrected chi connectivity index (χ1v) is 10.2. The van der Waals surface area contributed by atoms with Crippen LogP contribution >= 0.6 is 0 Å². The van der Waals surface area contributed by atoms with Gasteiger partial charge >= 0.3 is 0 Å². The van der Waals surface area contributed by atoms with Gasteiger partial charge in [0.1, 0.15) is 12.4 Å². The molecule has 4 aromatic rings. The Morgan fingerprint density at radius 3 is 2.50 bits per heavy atom. The highest BCUT2D eigenvalue weighted by molar-refractivity contribution is 5.82. The van der Waals surface area contributed by atoms with Gasteiger partial charge in [-0.25, -0.2) is 9.07 Å². The van der Waals surface area contributed by atoms with Crippen molar-refractivity contribution in [2.24, 2.45) is 0 Å². The molecule has 0 bridgehead atoms. The fourth-order valence-corrected chi connectivity index (χ4v) is 3.55. The molecule has 0 saturated heterocycles. The van der Waals surface area contributed by atoms with Crippen LogP contribution in [0.2, 0.25) is 0 Å². The Morgan fingerprint density at radius 2 is 1.72 bits per heavy atom. The molecule has 5 rings (SSSR count). The van der Waals surface area contributed by atoms with E-state index in [2.05, 4.69) is 10.4 Å². The van der Waals surface area contributed by atoms with Gasteiger partial charge in [0.15, 0.2) is 11.5 Å². The number of benzene rings is 3. The van der Waals surface area contributed by atoms with Crippen LogP contribution in [-0.2, 0) is 11.3 Å². The maximum absolute atomic E-state index is 13.4. The highest BCUT2D eigenvalue weighted by Gasteiger charge is 2.27. The summed E-state index contributed by atoms with van der Waals surface area (Å²) >= 11 is 0. The van der Waals surface area contributed by atoms with E-state index in [0.29, 0.717) is 17.2 Å². The molecule has 1 unspecified atom stereocenters. The first-order valence-electron chi connectivity index (χ1n) is 10.2. The number of carbonyl (C=O) groups excluding carboxylic acids is 1. The van der Waals surface area contributed by atoms with E-state index in [4.69, 9.17) is 9.47 Å². The standard InChI is InChI=1S/C25H20FN3O3/c26-19-12-10-17(11-13-19)24-18(15-29(28-24)20-6-2-1-3-7-20)14-27-25(30)23-16-31-21-8-4-5-9-22(21)32-23/h1-13,15,23H,14,16H2,(H,27,30). The van der Waals surface area contributed by atoms with Crippen LogP contribution in [0, 0.1) is 5.82 Å². The summed E-state index contributed by atoms with van der Waals surface area (Å²) in [5.74, 6) is 0.569. The Bertz CT molecular complexity index is 1240. The zero-order chi connectivity index (χ0) is 21.9. The topological polar surface area (TPSA) is 65.4 Å². The van der Waals surface area contributed by atoms with Crippen LogP contribution < -0.4 is 14.8 Å². The molecule has 1 aliphatic rings. The van der Waals surface area contributed by atoms with Crippen molar-refractivity contribution in [3.05, 3.63) is 96.4 Å². The second kappa shape index (κ2) is 8.55. The second-order valence-electron chi connectivity index (χ2n) is 7.37. The highest BCUT2D eigenvalue weighted by atomic mass is 19.1. The second-order valence-corrected chi connectivity index (χ2v) is 7.37. The molecule has 2 heterocycles. The average molecular weight is 429 g/mol. The summed E-state index contributed by atoms with van der Waals surface area (Å²) in [5, 5.41) is 7.60. The Morgan fingerprint density at radius 1 is 1.00 bits per heavy atom. The quantitative estimate of drug-likeness (QED) is 0.518. The zero-order valence-corrected chi connectivity index (χ0v) is 17.1.